The highest BCUT2D eigenvalue weighted by molar-refractivity contribution is 7.99. The zero-order valence-corrected chi connectivity index (χ0v) is 15.8. The third-order valence-corrected chi connectivity index (χ3v) is 5.53. The standard InChI is InChI=1S/C17H15ClN4OS2/c1-2-6-22-14-4-3-12(18)8-13(14)20-17(22)25-10-15(23)21-16-11(9-19)5-7-24-16/h3-5,7-8H,2,6,10H2,1H3,(H,21,23). The number of nitrogens with one attached hydrogen (secondary N) is 1. The molecule has 0 radical (unpaired) electrons. The number of rotatable bonds is 6. The molecule has 0 saturated heterocycles. The van der Waals surface area contributed by atoms with Crippen molar-refractivity contribution in [3.05, 3.63) is 40.2 Å². The number of thioether (sulfide) groups is 1. The van der Waals surface area contributed by atoms with Crippen molar-refractivity contribution < 1.29 is 4.79 Å². The van der Waals surface area contributed by atoms with Crippen molar-refractivity contribution in [1.29, 1.82) is 5.26 Å². The molecular weight excluding hydrogens is 376 g/mol. The Bertz CT molecular complexity index is 957. The van der Waals surface area contributed by atoms with Gasteiger partial charge in [-0.15, -0.1) is 11.3 Å². The zero-order valence-electron chi connectivity index (χ0n) is 13.5. The molecule has 2 heterocycles. The van der Waals surface area contributed by atoms with E-state index in [0.717, 1.165) is 29.2 Å². The molecule has 8 heteroatoms. The first-order chi connectivity index (χ1) is 12.1. The summed E-state index contributed by atoms with van der Waals surface area (Å²) in [4.78, 5) is 16.8. The molecule has 0 saturated carbocycles. The molecule has 3 rings (SSSR count). The molecule has 0 unspecified atom stereocenters. The number of halogens is 1. The van der Waals surface area contributed by atoms with Crippen LogP contribution in [0.2, 0.25) is 5.02 Å². The summed E-state index contributed by atoms with van der Waals surface area (Å²) in [7, 11) is 0. The van der Waals surface area contributed by atoms with Crippen LogP contribution in [0.3, 0.4) is 0 Å². The van der Waals surface area contributed by atoms with Crippen molar-refractivity contribution in [3.63, 3.8) is 0 Å². The summed E-state index contributed by atoms with van der Waals surface area (Å²) in [5.41, 5.74) is 2.32. The van der Waals surface area contributed by atoms with E-state index in [0.29, 0.717) is 15.6 Å². The van der Waals surface area contributed by atoms with Gasteiger partial charge in [0.05, 0.1) is 22.3 Å². The molecule has 0 aliphatic rings. The molecule has 1 amide bonds. The van der Waals surface area contributed by atoms with Crippen LogP contribution in [0.1, 0.15) is 18.9 Å². The van der Waals surface area contributed by atoms with E-state index in [1.807, 2.05) is 18.2 Å². The number of thiophene rings is 1. The monoisotopic (exact) mass is 390 g/mol. The number of nitrogens with zero attached hydrogens (tertiary/aromatic N) is 3. The number of imidazole rings is 1. The summed E-state index contributed by atoms with van der Waals surface area (Å²) < 4.78 is 2.11. The fourth-order valence-electron chi connectivity index (χ4n) is 2.42. The maximum Gasteiger partial charge on any atom is 0.235 e. The summed E-state index contributed by atoms with van der Waals surface area (Å²) in [6.45, 7) is 2.93. The molecule has 1 aromatic carbocycles. The van der Waals surface area contributed by atoms with E-state index >= 15 is 0 Å². The minimum absolute atomic E-state index is 0.155. The lowest BCUT2D eigenvalue weighted by Crippen LogP contribution is -2.14. The largest absolute Gasteiger partial charge is 0.319 e. The predicted octanol–water partition coefficient (Wildman–Crippen LogP) is 4.76. The lowest BCUT2D eigenvalue weighted by molar-refractivity contribution is -0.113. The Labute approximate surface area is 158 Å². The SMILES string of the molecule is CCCn1c(SCC(=O)Nc2sccc2C#N)nc2cc(Cl)ccc21. The predicted molar refractivity (Wildman–Crippen MR) is 103 cm³/mol. The Morgan fingerprint density at radius 2 is 2.32 bits per heavy atom. The van der Waals surface area contributed by atoms with E-state index in [9.17, 15) is 4.79 Å². The molecule has 0 atom stereocenters. The number of anilines is 1. The van der Waals surface area contributed by atoms with Gasteiger partial charge in [-0.1, -0.05) is 30.3 Å². The van der Waals surface area contributed by atoms with Gasteiger partial charge in [0.2, 0.25) is 5.91 Å². The molecule has 0 fully saturated rings. The van der Waals surface area contributed by atoms with Gasteiger partial charge in [-0.2, -0.15) is 5.26 Å². The Balaban J connectivity index is 1.75. The highest BCUT2D eigenvalue weighted by Crippen LogP contribution is 2.27. The summed E-state index contributed by atoms with van der Waals surface area (Å²) in [6, 6.07) is 9.39. The van der Waals surface area contributed by atoms with E-state index < -0.39 is 0 Å². The van der Waals surface area contributed by atoms with Gasteiger partial charge in [-0.05, 0) is 36.1 Å². The zero-order chi connectivity index (χ0) is 17.8. The first kappa shape index (κ1) is 17.8. The molecule has 0 bridgehead atoms. The number of carbonyl (C=O) groups is 1. The third-order valence-electron chi connectivity index (χ3n) is 3.49. The Kier molecular flexibility index (Phi) is 5.63. The Morgan fingerprint density at radius 3 is 3.08 bits per heavy atom. The number of benzene rings is 1. The minimum atomic E-state index is -0.155. The van der Waals surface area contributed by atoms with Crippen LogP contribution in [0.25, 0.3) is 11.0 Å². The lowest BCUT2D eigenvalue weighted by Gasteiger charge is -2.07. The van der Waals surface area contributed by atoms with E-state index in [-0.39, 0.29) is 11.7 Å². The summed E-state index contributed by atoms with van der Waals surface area (Å²) >= 11 is 8.77. The summed E-state index contributed by atoms with van der Waals surface area (Å²) in [6.07, 6.45) is 0.967. The number of amides is 1. The Morgan fingerprint density at radius 1 is 1.48 bits per heavy atom. The molecular formula is C17H15ClN4OS2. The van der Waals surface area contributed by atoms with Crippen molar-refractivity contribution in [2.24, 2.45) is 0 Å². The van der Waals surface area contributed by atoms with Crippen LogP contribution < -0.4 is 5.32 Å². The van der Waals surface area contributed by atoms with E-state index in [1.165, 1.54) is 23.1 Å². The number of hydrogen-bond acceptors (Lipinski definition) is 5. The molecule has 25 heavy (non-hydrogen) atoms. The maximum absolute atomic E-state index is 12.2. The van der Waals surface area contributed by atoms with Gasteiger partial charge in [0.15, 0.2) is 5.16 Å². The molecule has 5 nitrogen and oxygen atoms in total. The lowest BCUT2D eigenvalue weighted by atomic mass is 10.3. The van der Waals surface area contributed by atoms with Crippen LogP contribution in [-0.4, -0.2) is 21.2 Å². The fourth-order valence-corrected chi connectivity index (χ4v) is 4.18. The highest BCUT2D eigenvalue weighted by atomic mass is 35.5. The van der Waals surface area contributed by atoms with Gasteiger partial charge in [0, 0.05) is 11.6 Å². The van der Waals surface area contributed by atoms with Gasteiger partial charge in [-0.25, -0.2) is 4.98 Å². The van der Waals surface area contributed by atoms with Crippen LogP contribution >= 0.6 is 34.7 Å². The molecule has 0 aliphatic heterocycles. The van der Waals surface area contributed by atoms with E-state index in [1.54, 1.807) is 11.4 Å². The van der Waals surface area contributed by atoms with Crippen molar-refractivity contribution in [3.8, 4) is 6.07 Å². The topological polar surface area (TPSA) is 70.7 Å². The molecule has 1 N–H and O–H groups in total. The smallest absolute Gasteiger partial charge is 0.235 e. The number of hydrogen-bond donors (Lipinski definition) is 1. The number of aryl methyl sites for hydroxylation is 1. The van der Waals surface area contributed by atoms with E-state index in [2.05, 4.69) is 27.9 Å². The normalized spacial score (nSPS) is 10.8. The van der Waals surface area contributed by atoms with Crippen molar-refractivity contribution in [1.82, 2.24) is 9.55 Å². The average molecular weight is 391 g/mol. The quantitative estimate of drug-likeness (QED) is 0.616. The summed E-state index contributed by atoms with van der Waals surface area (Å²) in [5, 5.41) is 15.6. The van der Waals surface area contributed by atoms with Crippen LogP contribution in [0.4, 0.5) is 5.00 Å². The van der Waals surface area contributed by atoms with Crippen molar-refractivity contribution in [2.75, 3.05) is 11.1 Å². The van der Waals surface area contributed by atoms with Crippen LogP contribution in [0, 0.1) is 11.3 Å². The van der Waals surface area contributed by atoms with Crippen LogP contribution in [0.15, 0.2) is 34.8 Å². The second kappa shape index (κ2) is 7.91. The highest BCUT2D eigenvalue weighted by Gasteiger charge is 2.14. The van der Waals surface area contributed by atoms with Crippen LogP contribution in [0.5, 0.6) is 0 Å². The first-order valence-corrected chi connectivity index (χ1v) is 9.92. The number of nitriles is 1. The maximum atomic E-state index is 12.2. The first-order valence-electron chi connectivity index (χ1n) is 7.68. The summed E-state index contributed by atoms with van der Waals surface area (Å²) in [5.74, 6) is 0.0703. The molecule has 3 aromatic rings. The van der Waals surface area contributed by atoms with Gasteiger partial charge < -0.3 is 9.88 Å². The van der Waals surface area contributed by atoms with Gasteiger partial charge in [0.25, 0.3) is 0 Å². The molecule has 128 valence electrons. The van der Waals surface area contributed by atoms with Crippen LogP contribution in [-0.2, 0) is 11.3 Å². The molecule has 0 aliphatic carbocycles. The third kappa shape index (κ3) is 3.98. The van der Waals surface area contributed by atoms with Crippen molar-refractivity contribution in [2.45, 2.75) is 25.0 Å². The second-order valence-corrected chi connectivity index (χ2v) is 7.59. The second-order valence-electron chi connectivity index (χ2n) is 5.29. The van der Waals surface area contributed by atoms with Gasteiger partial charge in [0.1, 0.15) is 11.1 Å². The average Bonchev–Trinajstić information content (AvgIpc) is 3.17. The van der Waals surface area contributed by atoms with E-state index in [4.69, 9.17) is 16.9 Å². The van der Waals surface area contributed by atoms with Crippen molar-refractivity contribution >= 4 is 56.6 Å². The number of fused-ring (bicyclic) bond motifs is 1. The minimum Gasteiger partial charge on any atom is -0.319 e. The van der Waals surface area contributed by atoms with Gasteiger partial charge >= 0.3 is 0 Å². The molecule has 2 aromatic heterocycles. The molecule has 0 spiro atoms. The fraction of sp³-hybridized carbons (Fsp3) is 0.235. The Hall–Kier alpha value is -2.01. The number of aromatic nitrogens is 2. The van der Waals surface area contributed by atoms with Gasteiger partial charge in [-0.3, -0.25) is 4.79 Å². The number of carbonyl (C=O) groups excluding carboxylic acids is 1.